The number of benzene rings is 2. The zero-order chi connectivity index (χ0) is 24.7. The zero-order valence-electron chi connectivity index (χ0n) is 20.7. The van der Waals surface area contributed by atoms with Crippen molar-refractivity contribution >= 4 is 28.2 Å². The van der Waals surface area contributed by atoms with E-state index in [1.807, 2.05) is 50.2 Å². The molecule has 0 atom stereocenters. The van der Waals surface area contributed by atoms with Crippen LogP contribution in [0.5, 0.6) is 17.2 Å². The van der Waals surface area contributed by atoms with Crippen molar-refractivity contribution in [3.8, 4) is 22.9 Å². The second-order valence-electron chi connectivity index (χ2n) is 8.65. The quantitative estimate of drug-likeness (QED) is 0.350. The van der Waals surface area contributed by atoms with Crippen molar-refractivity contribution in [3.63, 3.8) is 0 Å². The Morgan fingerprint density at radius 3 is 2.60 bits per heavy atom. The van der Waals surface area contributed by atoms with Crippen LogP contribution in [-0.2, 0) is 6.54 Å². The molecule has 0 N–H and O–H groups in total. The number of aromatic nitrogens is 3. The van der Waals surface area contributed by atoms with Gasteiger partial charge < -0.3 is 23.7 Å². The third kappa shape index (κ3) is 4.04. The lowest BCUT2D eigenvalue weighted by Gasteiger charge is -2.22. The van der Waals surface area contributed by atoms with Gasteiger partial charge in [0.2, 0.25) is 0 Å². The van der Waals surface area contributed by atoms with E-state index in [2.05, 4.69) is 33.5 Å². The average Bonchev–Trinajstić information content (AvgIpc) is 2.98. The van der Waals surface area contributed by atoms with E-state index in [9.17, 15) is 0 Å². The van der Waals surface area contributed by atoms with Crippen LogP contribution in [0.15, 0.2) is 36.4 Å². The highest BCUT2D eigenvalue weighted by molar-refractivity contribution is 6.30. The minimum Gasteiger partial charge on any atom is -0.494 e. The van der Waals surface area contributed by atoms with Crippen LogP contribution >= 0.6 is 11.6 Å². The van der Waals surface area contributed by atoms with Crippen molar-refractivity contribution in [1.82, 2.24) is 14.8 Å². The standard InChI is InChI=1S/C27H29ClN4O3/c1-6-34-21-8-9-22(24(14-21)33-5)32-17(3)25-16(2)29-30-27(26(25)18(32)4)31-11-12-35-23-10-7-20(28)13-19(23)15-31/h7-10,13-14H,6,11-12,15H2,1-5H3. The van der Waals surface area contributed by atoms with Gasteiger partial charge >= 0.3 is 0 Å². The number of ether oxygens (including phenoxy) is 3. The first-order valence-corrected chi connectivity index (χ1v) is 12.1. The predicted octanol–water partition coefficient (Wildman–Crippen LogP) is 5.81. The summed E-state index contributed by atoms with van der Waals surface area (Å²) in [6.45, 7) is 10.7. The van der Waals surface area contributed by atoms with Gasteiger partial charge in [-0.15, -0.1) is 5.10 Å². The summed E-state index contributed by atoms with van der Waals surface area (Å²) >= 11 is 6.29. The number of methoxy groups -OCH3 is 1. The Morgan fingerprint density at radius 2 is 1.83 bits per heavy atom. The molecule has 1 aliphatic rings. The van der Waals surface area contributed by atoms with E-state index in [4.69, 9.17) is 25.8 Å². The minimum absolute atomic E-state index is 0.553. The van der Waals surface area contributed by atoms with Crippen molar-refractivity contribution in [3.05, 3.63) is 64.1 Å². The summed E-state index contributed by atoms with van der Waals surface area (Å²) < 4.78 is 19.7. The van der Waals surface area contributed by atoms with Gasteiger partial charge in [0.05, 0.1) is 31.6 Å². The molecular weight excluding hydrogens is 464 g/mol. The number of hydrogen-bond acceptors (Lipinski definition) is 6. The molecule has 4 aromatic rings. The van der Waals surface area contributed by atoms with Crippen molar-refractivity contribution < 1.29 is 14.2 Å². The molecule has 0 radical (unpaired) electrons. The van der Waals surface area contributed by atoms with Gasteiger partial charge in [-0.05, 0) is 58.0 Å². The highest BCUT2D eigenvalue weighted by Gasteiger charge is 2.25. The molecule has 1 aliphatic heterocycles. The van der Waals surface area contributed by atoms with E-state index in [1.165, 1.54) is 0 Å². The van der Waals surface area contributed by atoms with Crippen LogP contribution < -0.4 is 19.1 Å². The van der Waals surface area contributed by atoms with E-state index >= 15 is 0 Å². The average molecular weight is 493 g/mol. The van der Waals surface area contributed by atoms with Crippen LogP contribution in [0.25, 0.3) is 16.5 Å². The summed E-state index contributed by atoms with van der Waals surface area (Å²) in [6, 6.07) is 11.7. The van der Waals surface area contributed by atoms with Crippen molar-refractivity contribution in [2.75, 3.05) is 31.8 Å². The van der Waals surface area contributed by atoms with E-state index in [0.29, 0.717) is 31.3 Å². The number of anilines is 1. The fourth-order valence-electron chi connectivity index (χ4n) is 5.00. The molecule has 182 valence electrons. The fourth-order valence-corrected chi connectivity index (χ4v) is 5.20. The molecule has 2 aromatic carbocycles. The van der Waals surface area contributed by atoms with Gasteiger partial charge in [0.15, 0.2) is 5.82 Å². The molecule has 0 saturated heterocycles. The number of nitrogens with zero attached hydrogens (tertiary/aromatic N) is 4. The Bertz CT molecular complexity index is 1420. The molecular formula is C27H29ClN4O3. The van der Waals surface area contributed by atoms with Crippen LogP contribution in [0.1, 0.15) is 29.6 Å². The first kappa shape index (κ1) is 23.3. The molecule has 8 heteroatoms. The third-order valence-electron chi connectivity index (χ3n) is 6.53. The Balaban J connectivity index is 1.68. The smallest absolute Gasteiger partial charge is 0.161 e. The summed E-state index contributed by atoms with van der Waals surface area (Å²) in [5.41, 5.74) is 5.03. The largest absolute Gasteiger partial charge is 0.494 e. The zero-order valence-corrected chi connectivity index (χ0v) is 21.4. The second-order valence-corrected chi connectivity index (χ2v) is 9.09. The van der Waals surface area contributed by atoms with E-state index in [1.54, 1.807) is 7.11 Å². The highest BCUT2D eigenvalue weighted by atomic mass is 35.5. The van der Waals surface area contributed by atoms with Crippen molar-refractivity contribution in [2.24, 2.45) is 0 Å². The van der Waals surface area contributed by atoms with Gasteiger partial charge in [0.1, 0.15) is 23.9 Å². The third-order valence-corrected chi connectivity index (χ3v) is 6.76. The first-order chi connectivity index (χ1) is 16.9. The maximum Gasteiger partial charge on any atom is 0.161 e. The molecule has 0 spiro atoms. The monoisotopic (exact) mass is 492 g/mol. The molecule has 0 amide bonds. The Labute approximate surface area is 210 Å². The first-order valence-electron chi connectivity index (χ1n) is 11.7. The van der Waals surface area contributed by atoms with Gasteiger partial charge in [-0.1, -0.05) is 11.6 Å². The molecule has 3 heterocycles. The lowest BCUT2D eigenvalue weighted by Crippen LogP contribution is -2.26. The number of halogens is 1. The maximum atomic E-state index is 6.29. The van der Waals surface area contributed by atoms with Gasteiger partial charge in [0.25, 0.3) is 0 Å². The van der Waals surface area contributed by atoms with Gasteiger partial charge in [-0.25, -0.2) is 0 Å². The Morgan fingerprint density at radius 1 is 1.03 bits per heavy atom. The van der Waals surface area contributed by atoms with Crippen molar-refractivity contribution in [2.45, 2.75) is 34.2 Å². The number of aryl methyl sites for hydroxylation is 3. The number of rotatable bonds is 5. The number of hydrogen-bond donors (Lipinski definition) is 0. The molecule has 0 unspecified atom stereocenters. The van der Waals surface area contributed by atoms with Gasteiger partial charge in [-0.2, -0.15) is 5.10 Å². The van der Waals surface area contributed by atoms with Crippen LogP contribution in [0.4, 0.5) is 5.82 Å². The van der Waals surface area contributed by atoms with E-state index < -0.39 is 0 Å². The number of fused-ring (bicyclic) bond motifs is 2. The van der Waals surface area contributed by atoms with Crippen LogP contribution in [0.2, 0.25) is 5.02 Å². The second kappa shape index (κ2) is 9.30. The highest BCUT2D eigenvalue weighted by Crippen LogP contribution is 2.39. The minimum atomic E-state index is 0.553. The maximum absolute atomic E-state index is 6.29. The van der Waals surface area contributed by atoms with Crippen LogP contribution in [0, 0.1) is 20.8 Å². The summed E-state index contributed by atoms with van der Waals surface area (Å²) in [6.07, 6.45) is 0. The van der Waals surface area contributed by atoms with Crippen molar-refractivity contribution in [1.29, 1.82) is 0 Å². The predicted molar refractivity (Wildman–Crippen MR) is 139 cm³/mol. The Kier molecular flexibility index (Phi) is 6.19. The molecule has 0 saturated carbocycles. The molecule has 2 aromatic heterocycles. The van der Waals surface area contributed by atoms with Gasteiger partial charge in [0, 0.05) is 45.4 Å². The molecule has 7 nitrogen and oxygen atoms in total. The molecule has 0 fully saturated rings. The lowest BCUT2D eigenvalue weighted by atomic mass is 10.1. The molecule has 5 rings (SSSR count). The van der Waals surface area contributed by atoms with Crippen LogP contribution in [-0.4, -0.2) is 41.6 Å². The normalized spacial score (nSPS) is 13.4. The van der Waals surface area contributed by atoms with E-state index in [0.717, 1.165) is 62.2 Å². The summed E-state index contributed by atoms with van der Waals surface area (Å²) in [7, 11) is 1.68. The molecule has 0 bridgehead atoms. The fraction of sp³-hybridized carbons (Fsp3) is 0.333. The van der Waals surface area contributed by atoms with E-state index in [-0.39, 0.29) is 0 Å². The SMILES string of the molecule is CCOc1ccc(-n2c(C)c3c(C)nnc(N4CCOc5ccc(Cl)cc5C4)c3c2C)c(OC)c1. The topological polar surface area (TPSA) is 61.6 Å². The summed E-state index contributed by atoms with van der Waals surface area (Å²) in [5.74, 6) is 3.22. The molecule has 35 heavy (non-hydrogen) atoms. The lowest BCUT2D eigenvalue weighted by molar-refractivity contribution is 0.331. The summed E-state index contributed by atoms with van der Waals surface area (Å²) in [4.78, 5) is 2.23. The van der Waals surface area contributed by atoms with Gasteiger partial charge in [-0.3, -0.25) is 0 Å². The Hall–Kier alpha value is -3.45. The summed E-state index contributed by atoms with van der Waals surface area (Å²) in [5, 5.41) is 12.1. The molecule has 0 aliphatic carbocycles. The van der Waals surface area contributed by atoms with Crippen LogP contribution in [0.3, 0.4) is 0 Å².